The standard InChI is InChI=1S/C27H26N4O3S/c1-30(23-12-6-5-11-22(23)26(33)28-16-21-10-7-15-34-21)25(32)18-35-27-29-17-24(31(27)20-13-14-20)19-8-3-2-4-9-19/h2-12,15,17,20H,13-14,16,18H2,1H3,(H,28,33). The predicted octanol–water partition coefficient (Wildman–Crippen LogP) is 5.16. The first-order valence-corrected chi connectivity index (χ1v) is 12.5. The van der Waals surface area contributed by atoms with E-state index in [2.05, 4.69) is 27.0 Å². The van der Waals surface area contributed by atoms with E-state index in [1.165, 1.54) is 16.7 Å². The summed E-state index contributed by atoms with van der Waals surface area (Å²) >= 11 is 1.43. The molecule has 2 heterocycles. The number of para-hydroxylation sites is 1. The first-order valence-electron chi connectivity index (χ1n) is 11.5. The number of hydrogen-bond acceptors (Lipinski definition) is 5. The van der Waals surface area contributed by atoms with Crippen molar-refractivity contribution in [2.24, 2.45) is 0 Å². The minimum Gasteiger partial charge on any atom is -0.467 e. The molecule has 2 aromatic carbocycles. The molecule has 178 valence electrons. The van der Waals surface area contributed by atoms with Gasteiger partial charge in [-0.1, -0.05) is 54.2 Å². The molecule has 2 amide bonds. The molecule has 1 saturated carbocycles. The molecule has 1 aliphatic carbocycles. The van der Waals surface area contributed by atoms with Crippen molar-refractivity contribution in [3.05, 3.63) is 90.5 Å². The zero-order valence-corrected chi connectivity index (χ0v) is 20.2. The lowest BCUT2D eigenvalue weighted by Crippen LogP contribution is -2.31. The molecule has 1 fully saturated rings. The van der Waals surface area contributed by atoms with E-state index < -0.39 is 0 Å². The summed E-state index contributed by atoms with van der Waals surface area (Å²) in [6.45, 7) is 0.279. The third-order valence-corrected chi connectivity index (χ3v) is 6.91. The van der Waals surface area contributed by atoms with Crippen LogP contribution in [0.4, 0.5) is 5.69 Å². The van der Waals surface area contributed by atoms with Crippen LogP contribution in [0, 0.1) is 0 Å². The minimum atomic E-state index is -0.263. The van der Waals surface area contributed by atoms with Crippen molar-refractivity contribution in [3.63, 3.8) is 0 Å². The maximum absolute atomic E-state index is 13.1. The fourth-order valence-electron chi connectivity index (χ4n) is 3.95. The fraction of sp³-hybridized carbons (Fsp3) is 0.222. The summed E-state index contributed by atoms with van der Waals surface area (Å²) in [6.07, 6.45) is 5.70. The molecule has 0 atom stereocenters. The summed E-state index contributed by atoms with van der Waals surface area (Å²) in [5, 5.41) is 3.69. The molecule has 4 aromatic rings. The number of anilines is 1. The molecule has 0 spiro atoms. The van der Waals surface area contributed by atoms with Crippen LogP contribution in [0.3, 0.4) is 0 Å². The molecule has 35 heavy (non-hydrogen) atoms. The van der Waals surface area contributed by atoms with Gasteiger partial charge >= 0.3 is 0 Å². The fourth-order valence-corrected chi connectivity index (χ4v) is 4.91. The molecular formula is C27H26N4O3S. The quantitative estimate of drug-likeness (QED) is 0.331. The van der Waals surface area contributed by atoms with Gasteiger partial charge in [0.25, 0.3) is 5.91 Å². The van der Waals surface area contributed by atoms with E-state index in [9.17, 15) is 9.59 Å². The molecule has 0 bridgehead atoms. The largest absolute Gasteiger partial charge is 0.467 e. The highest BCUT2D eigenvalue weighted by molar-refractivity contribution is 7.99. The van der Waals surface area contributed by atoms with Crippen LogP contribution in [0.2, 0.25) is 0 Å². The van der Waals surface area contributed by atoms with E-state index in [0.29, 0.717) is 23.1 Å². The Morgan fingerprint density at radius 3 is 2.60 bits per heavy atom. The lowest BCUT2D eigenvalue weighted by Gasteiger charge is -2.20. The van der Waals surface area contributed by atoms with Crippen molar-refractivity contribution in [2.75, 3.05) is 17.7 Å². The Kier molecular flexibility index (Phi) is 6.72. The second-order valence-electron chi connectivity index (χ2n) is 8.41. The van der Waals surface area contributed by atoms with Crippen LogP contribution in [0.1, 0.15) is 35.0 Å². The molecule has 0 radical (unpaired) electrons. The first kappa shape index (κ1) is 23.0. The van der Waals surface area contributed by atoms with Crippen LogP contribution in [-0.2, 0) is 11.3 Å². The number of benzene rings is 2. The Morgan fingerprint density at radius 1 is 1.09 bits per heavy atom. The lowest BCUT2D eigenvalue weighted by molar-refractivity contribution is -0.115. The number of hydrogen-bond donors (Lipinski definition) is 1. The number of nitrogens with zero attached hydrogens (tertiary/aromatic N) is 3. The number of nitrogens with one attached hydrogen (secondary N) is 1. The molecule has 2 aromatic heterocycles. The number of imidazole rings is 1. The highest BCUT2D eigenvalue weighted by atomic mass is 32.2. The Hall–Kier alpha value is -3.78. The van der Waals surface area contributed by atoms with Gasteiger partial charge in [-0.3, -0.25) is 9.59 Å². The van der Waals surface area contributed by atoms with Gasteiger partial charge in [-0.2, -0.15) is 0 Å². The van der Waals surface area contributed by atoms with Crippen molar-refractivity contribution in [1.29, 1.82) is 0 Å². The van der Waals surface area contributed by atoms with Gasteiger partial charge in [0.15, 0.2) is 5.16 Å². The SMILES string of the molecule is CN(C(=O)CSc1ncc(-c2ccccc2)n1C1CC1)c1ccccc1C(=O)NCc1ccco1. The lowest BCUT2D eigenvalue weighted by atomic mass is 10.1. The van der Waals surface area contributed by atoms with Crippen molar-refractivity contribution < 1.29 is 14.0 Å². The summed E-state index contributed by atoms with van der Waals surface area (Å²) in [6, 6.07) is 21.3. The third-order valence-electron chi connectivity index (χ3n) is 5.96. The van der Waals surface area contributed by atoms with Crippen molar-refractivity contribution in [3.8, 4) is 11.3 Å². The average molecular weight is 487 g/mol. The predicted molar refractivity (Wildman–Crippen MR) is 136 cm³/mol. The first-order chi connectivity index (χ1) is 17.1. The molecule has 1 N–H and O–H groups in total. The zero-order valence-electron chi connectivity index (χ0n) is 19.4. The van der Waals surface area contributed by atoms with E-state index in [1.54, 1.807) is 43.6 Å². The Labute approximate surface area is 208 Å². The van der Waals surface area contributed by atoms with Gasteiger partial charge in [0.1, 0.15) is 5.76 Å². The Bertz CT molecular complexity index is 1310. The van der Waals surface area contributed by atoms with Crippen LogP contribution < -0.4 is 10.2 Å². The number of thioether (sulfide) groups is 1. The number of aromatic nitrogens is 2. The highest BCUT2D eigenvalue weighted by Gasteiger charge is 2.29. The van der Waals surface area contributed by atoms with Crippen molar-refractivity contribution in [1.82, 2.24) is 14.9 Å². The van der Waals surface area contributed by atoms with Gasteiger partial charge < -0.3 is 19.2 Å². The normalized spacial score (nSPS) is 12.9. The van der Waals surface area contributed by atoms with Gasteiger partial charge in [0.2, 0.25) is 5.91 Å². The smallest absolute Gasteiger partial charge is 0.253 e. The summed E-state index contributed by atoms with van der Waals surface area (Å²) in [5.74, 6) is 0.517. The summed E-state index contributed by atoms with van der Waals surface area (Å²) in [4.78, 5) is 32.1. The van der Waals surface area contributed by atoms with Crippen LogP contribution in [0.25, 0.3) is 11.3 Å². The molecule has 0 saturated heterocycles. The van der Waals surface area contributed by atoms with Crippen molar-refractivity contribution >= 4 is 29.3 Å². The van der Waals surface area contributed by atoms with Gasteiger partial charge in [-0.05, 0) is 42.7 Å². The average Bonchev–Trinajstić information content (AvgIpc) is 3.42. The summed E-state index contributed by atoms with van der Waals surface area (Å²) in [5.41, 5.74) is 3.20. The molecule has 7 nitrogen and oxygen atoms in total. The van der Waals surface area contributed by atoms with E-state index in [0.717, 1.165) is 29.3 Å². The van der Waals surface area contributed by atoms with Crippen LogP contribution >= 0.6 is 11.8 Å². The molecule has 8 heteroatoms. The monoisotopic (exact) mass is 486 g/mol. The Morgan fingerprint density at radius 2 is 1.86 bits per heavy atom. The van der Waals surface area contributed by atoms with Gasteiger partial charge in [0, 0.05) is 13.1 Å². The zero-order chi connectivity index (χ0) is 24.2. The highest BCUT2D eigenvalue weighted by Crippen LogP contribution is 2.42. The minimum absolute atomic E-state index is 0.104. The van der Waals surface area contributed by atoms with Gasteiger partial charge in [-0.15, -0.1) is 0 Å². The van der Waals surface area contributed by atoms with E-state index in [-0.39, 0.29) is 24.1 Å². The maximum atomic E-state index is 13.1. The van der Waals surface area contributed by atoms with E-state index in [1.807, 2.05) is 30.5 Å². The van der Waals surface area contributed by atoms with Gasteiger partial charge in [0.05, 0.1) is 41.7 Å². The van der Waals surface area contributed by atoms with Crippen LogP contribution in [0.5, 0.6) is 0 Å². The summed E-state index contributed by atoms with van der Waals surface area (Å²) < 4.78 is 7.53. The second kappa shape index (κ2) is 10.2. The number of furan rings is 1. The number of carbonyl (C=O) groups excluding carboxylic acids is 2. The molecular weight excluding hydrogens is 460 g/mol. The van der Waals surface area contributed by atoms with Crippen LogP contribution in [0.15, 0.2) is 88.8 Å². The Balaban J connectivity index is 1.28. The molecule has 0 aliphatic heterocycles. The van der Waals surface area contributed by atoms with E-state index in [4.69, 9.17) is 4.42 Å². The van der Waals surface area contributed by atoms with Crippen LogP contribution in [-0.4, -0.2) is 34.2 Å². The van der Waals surface area contributed by atoms with Gasteiger partial charge in [-0.25, -0.2) is 4.98 Å². The second-order valence-corrected chi connectivity index (χ2v) is 9.36. The maximum Gasteiger partial charge on any atom is 0.253 e. The summed E-state index contributed by atoms with van der Waals surface area (Å²) in [7, 11) is 1.70. The topological polar surface area (TPSA) is 80.4 Å². The number of carbonyl (C=O) groups is 2. The number of rotatable bonds is 9. The molecule has 5 rings (SSSR count). The number of amides is 2. The molecule has 0 unspecified atom stereocenters. The molecule has 1 aliphatic rings. The van der Waals surface area contributed by atoms with E-state index >= 15 is 0 Å². The van der Waals surface area contributed by atoms with Crippen molar-refractivity contribution in [2.45, 2.75) is 30.6 Å². The third kappa shape index (κ3) is 5.17.